The Morgan fingerprint density at radius 2 is 1.93 bits per heavy atom. The Morgan fingerprint density at radius 1 is 1.20 bits per heavy atom. The molecule has 0 amide bonds. The van der Waals surface area contributed by atoms with Crippen LogP contribution >= 0.6 is 0 Å². The number of allylic oxidation sites excluding steroid dienone is 2. The third-order valence-corrected chi connectivity index (χ3v) is 7.18. The molecule has 2 aliphatic heterocycles. The first-order valence-electron chi connectivity index (χ1n) is 13.4. The second-order valence-electron chi connectivity index (χ2n) is 10.7. The van der Waals surface area contributed by atoms with Gasteiger partial charge in [-0.2, -0.15) is 10.1 Å². The Hall–Kier alpha value is -4.00. The van der Waals surface area contributed by atoms with Crippen molar-refractivity contribution in [1.82, 2.24) is 29.2 Å². The van der Waals surface area contributed by atoms with Crippen molar-refractivity contribution in [1.29, 1.82) is 0 Å². The molecule has 3 aromatic rings. The number of likely N-dealkylation sites (N-methyl/N-ethyl adjacent to an activating group) is 1. The van der Waals surface area contributed by atoms with Gasteiger partial charge in [0.15, 0.2) is 17.7 Å². The first kappa shape index (κ1) is 27.6. The number of ether oxygens (including phenoxy) is 1. The van der Waals surface area contributed by atoms with Gasteiger partial charge in [0.2, 0.25) is 5.95 Å². The van der Waals surface area contributed by atoms with Crippen LogP contribution in [0.4, 0.5) is 17.3 Å². The van der Waals surface area contributed by atoms with Crippen molar-refractivity contribution in [2.24, 2.45) is 5.10 Å². The second-order valence-corrected chi connectivity index (χ2v) is 10.7. The summed E-state index contributed by atoms with van der Waals surface area (Å²) in [6.07, 6.45) is 5.51. The highest BCUT2D eigenvalue weighted by molar-refractivity contribution is 5.99. The Labute approximate surface area is 233 Å². The molecular formula is C28H37N9O3. The van der Waals surface area contributed by atoms with E-state index in [0.29, 0.717) is 29.4 Å². The number of fused-ring (bicyclic) bond motifs is 1. The summed E-state index contributed by atoms with van der Waals surface area (Å²) in [5.74, 6) is 0.769. The van der Waals surface area contributed by atoms with Gasteiger partial charge in [0.05, 0.1) is 18.7 Å². The van der Waals surface area contributed by atoms with Crippen LogP contribution in [-0.2, 0) is 11.3 Å². The van der Waals surface area contributed by atoms with Gasteiger partial charge in [-0.25, -0.2) is 14.3 Å². The van der Waals surface area contributed by atoms with Crippen LogP contribution < -0.4 is 15.8 Å². The first-order valence-corrected chi connectivity index (χ1v) is 13.4. The lowest BCUT2D eigenvalue weighted by molar-refractivity contribution is -0.0571. The summed E-state index contributed by atoms with van der Waals surface area (Å²) in [5.41, 5.74) is 1.53. The van der Waals surface area contributed by atoms with Crippen LogP contribution in [0.2, 0.25) is 0 Å². The molecule has 5 rings (SSSR count). The summed E-state index contributed by atoms with van der Waals surface area (Å²) in [5, 5.41) is 20.5. The fourth-order valence-corrected chi connectivity index (χ4v) is 5.04. The maximum Gasteiger partial charge on any atom is 0.278 e. The Balaban J connectivity index is 1.49. The van der Waals surface area contributed by atoms with Crippen molar-refractivity contribution in [2.45, 2.75) is 32.2 Å². The molecule has 12 nitrogen and oxygen atoms in total. The number of hydrazone groups is 1. The highest BCUT2D eigenvalue weighted by atomic mass is 16.5. The van der Waals surface area contributed by atoms with Gasteiger partial charge in [0, 0.05) is 50.9 Å². The normalized spacial score (nSPS) is 18.3. The molecule has 0 bridgehead atoms. The number of nitrogens with zero attached hydrogens (tertiary/aromatic N) is 8. The molecule has 1 fully saturated rings. The molecule has 40 heavy (non-hydrogen) atoms. The lowest BCUT2D eigenvalue weighted by atomic mass is 10.1. The second kappa shape index (κ2) is 11.2. The summed E-state index contributed by atoms with van der Waals surface area (Å²) in [4.78, 5) is 27.2. The molecule has 2 N–H and O–H groups in total. The third kappa shape index (κ3) is 5.37. The van der Waals surface area contributed by atoms with Gasteiger partial charge in [-0.05, 0) is 57.3 Å². The van der Waals surface area contributed by atoms with Gasteiger partial charge in [0.25, 0.3) is 5.56 Å². The largest absolute Gasteiger partial charge is 0.382 e. The standard InChI is InChI=1S/C28H37N9O3/c1-6-13-35-26(39)22-18-29-27(30-20-7-9-21(10-8-20)34-16-14-33(4)15-17-34)31-25(22)36(35)23-11-12-24(38)37(32-23)28(2,3)19-40-5/h6-12,18,24,38H,1,13-17,19H2,2-5H3,(H,29,30,31). The first-order chi connectivity index (χ1) is 19.2. The molecular weight excluding hydrogens is 510 g/mol. The fraction of sp³-hybridized carbons (Fsp3) is 0.429. The van der Waals surface area contributed by atoms with E-state index in [2.05, 4.69) is 45.9 Å². The summed E-state index contributed by atoms with van der Waals surface area (Å²) in [7, 11) is 3.75. The zero-order valence-corrected chi connectivity index (χ0v) is 23.5. The van der Waals surface area contributed by atoms with Gasteiger partial charge in [-0.1, -0.05) is 6.08 Å². The smallest absolute Gasteiger partial charge is 0.278 e. The lowest BCUT2D eigenvalue weighted by Crippen LogP contribution is -2.51. The van der Waals surface area contributed by atoms with Crippen LogP contribution in [0.5, 0.6) is 0 Å². The fourth-order valence-electron chi connectivity index (χ4n) is 5.04. The molecule has 1 unspecified atom stereocenters. The molecule has 12 heteroatoms. The quantitative estimate of drug-likeness (QED) is 0.409. The van der Waals surface area contributed by atoms with Gasteiger partial charge in [-0.3, -0.25) is 9.80 Å². The molecule has 1 atom stereocenters. The van der Waals surface area contributed by atoms with E-state index >= 15 is 0 Å². The monoisotopic (exact) mass is 547 g/mol. The van der Waals surface area contributed by atoms with Crippen LogP contribution in [0, 0.1) is 0 Å². The molecule has 0 spiro atoms. The van der Waals surface area contributed by atoms with Crippen molar-refractivity contribution in [2.75, 3.05) is 57.2 Å². The highest BCUT2D eigenvalue weighted by Gasteiger charge is 2.33. The van der Waals surface area contributed by atoms with Gasteiger partial charge in [-0.15, -0.1) is 6.58 Å². The lowest BCUT2D eigenvalue weighted by Gasteiger charge is -2.39. The predicted octanol–water partition coefficient (Wildman–Crippen LogP) is 2.05. The summed E-state index contributed by atoms with van der Waals surface area (Å²) >= 11 is 0. The average molecular weight is 548 g/mol. The van der Waals surface area contributed by atoms with E-state index in [1.165, 1.54) is 16.6 Å². The van der Waals surface area contributed by atoms with E-state index in [4.69, 9.17) is 14.8 Å². The number of aromatic nitrogens is 4. The summed E-state index contributed by atoms with van der Waals surface area (Å²) in [6.45, 7) is 12.3. The van der Waals surface area contributed by atoms with Gasteiger partial charge < -0.3 is 25.0 Å². The van der Waals surface area contributed by atoms with E-state index in [9.17, 15) is 9.90 Å². The molecule has 2 aromatic heterocycles. The average Bonchev–Trinajstić information content (AvgIpc) is 3.20. The van der Waals surface area contributed by atoms with Crippen LogP contribution in [0.3, 0.4) is 0 Å². The van der Waals surface area contributed by atoms with Crippen LogP contribution in [-0.4, -0.2) is 98.9 Å². The maximum atomic E-state index is 13.3. The van der Waals surface area contributed by atoms with Crippen molar-refractivity contribution in [3.63, 3.8) is 0 Å². The number of benzene rings is 1. The minimum Gasteiger partial charge on any atom is -0.382 e. The predicted molar refractivity (Wildman–Crippen MR) is 157 cm³/mol. The number of piperazine rings is 1. The Kier molecular flexibility index (Phi) is 7.74. The number of rotatable bonds is 8. The van der Waals surface area contributed by atoms with Gasteiger partial charge in [0.1, 0.15) is 5.39 Å². The summed E-state index contributed by atoms with van der Waals surface area (Å²) in [6, 6.07) is 8.18. The zero-order valence-electron chi connectivity index (χ0n) is 23.5. The zero-order chi connectivity index (χ0) is 28.4. The number of anilines is 3. The number of hydrogen-bond acceptors (Lipinski definition) is 10. The highest BCUT2D eigenvalue weighted by Crippen LogP contribution is 2.24. The SMILES string of the molecule is C=CCn1c(=O)c2cnc(Nc3ccc(N4CCN(C)CC4)cc3)nc2n1C1=NN(C(C)(C)COC)C(O)C=C1. The molecule has 1 aromatic carbocycles. The molecule has 0 radical (unpaired) electrons. The van der Waals surface area contributed by atoms with Crippen molar-refractivity contribution in [3.05, 3.63) is 65.6 Å². The van der Waals surface area contributed by atoms with E-state index in [1.807, 2.05) is 26.0 Å². The van der Waals surface area contributed by atoms with Crippen molar-refractivity contribution in [3.8, 4) is 0 Å². The minimum absolute atomic E-state index is 0.239. The van der Waals surface area contributed by atoms with E-state index in [1.54, 1.807) is 35.0 Å². The Bertz CT molecular complexity index is 1480. The van der Waals surface area contributed by atoms with E-state index in [0.717, 1.165) is 31.9 Å². The number of methoxy groups -OCH3 is 1. The maximum absolute atomic E-state index is 13.3. The molecule has 0 saturated carbocycles. The molecule has 2 aliphatic rings. The summed E-state index contributed by atoms with van der Waals surface area (Å²) < 4.78 is 8.49. The van der Waals surface area contributed by atoms with Crippen molar-refractivity contribution >= 4 is 34.2 Å². The van der Waals surface area contributed by atoms with Crippen molar-refractivity contribution < 1.29 is 9.84 Å². The third-order valence-electron chi connectivity index (χ3n) is 7.18. The molecule has 0 aliphatic carbocycles. The molecule has 4 heterocycles. The number of aliphatic hydroxyl groups is 1. The Morgan fingerprint density at radius 3 is 2.60 bits per heavy atom. The number of aliphatic hydroxyl groups excluding tert-OH is 1. The van der Waals surface area contributed by atoms with Crippen LogP contribution in [0.1, 0.15) is 13.8 Å². The molecule has 212 valence electrons. The number of nitrogens with one attached hydrogen (secondary N) is 1. The topological polar surface area (TPSA) is 116 Å². The van der Waals surface area contributed by atoms with Crippen LogP contribution in [0.25, 0.3) is 11.0 Å². The van der Waals surface area contributed by atoms with E-state index in [-0.39, 0.29) is 12.1 Å². The van der Waals surface area contributed by atoms with Gasteiger partial charge >= 0.3 is 0 Å². The minimum atomic E-state index is -0.948. The molecule has 1 saturated heterocycles. The van der Waals surface area contributed by atoms with Crippen LogP contribution in [0.15, 0.2) is 65.2 Å². The number of hydrogen-bond donors (Lipinski definition) is 2. The van der Waals surface area contributed by atoms with E-state index < -0.39 is 11.8 Å².